The van der Waals surface area contributed by atoms with E-state index in [2.05, 4.69) is 0 Å². The van der Waals surface area contributed by atoms with E-state index in [0.29, 0.717) is 12.8 Å². The molecule has 0 aromatic carbocycles. The standard InChI is InChI=1S/C26H42O8/c1-18-17-22(26(31)32-18)15-13-11-9-7-5-6-8-10-12-14-16-23(25(29)30)24(34-21(4)28)19(2)33-20(3)27/h17-19,23-24H,5-16H2,1-4H3,(H,29,30)/t18-,19-,23+,24+/m0/s1. The molecule has 0 aromatic heterocycles. The van der Waals surface area contributed by atoms with Crippen molar-refractivity contribution >= 4 is 23.9 Å². The van der Waals surface area contributed by atoms with Crippen LogP contribution in [0.4, 0.5) is 0 Å². The lowest BCUT2D eigenvalue weighted by Gasteiger charge is -2.28. The van der Waals surface area contributed by atoms with E-state index < -0.39 is 36.0 Å². The fraction of sp³-hybridized carbons (Fsp3) is 0.769. The Kier molecular flexibility index (Phi) is 14.2. The number of carboxylic acids is 1. The second-order valence-electron chi connectivity index (χ2n) is 9.21. The first kappa shape index (κ1) is 29.7. The van der Waals surface area contributed by atoms with E-state index in [1.165, 1.54) is 26.7 Å². The van der Waals surface area contributed by atoms with Crippen molar-refractivity contribution in [1.29, 1.82) is 0 Å². The molecule has 0 spiro atoms. The van der Waals surface area contributed by atoms with Gasteiger partial charge in [-0.15, -0.1) is 0 Å². The zero-order valence-corrected chi connectivity index (χ0v) is 21.2. The van der Waals surface area contributed by atoms with Crippen molar-refractivity contribution in [3.63, 3.8) is 0 Å². The van der Waals surface area contributed by atoms with Crippen LogP contribution in [0.25, 0.3) is 0 Å². The molecule has 0 saturated carbocycles. The summed E-state index contributed by atoms with van der Waals surface area (Å²) in [4.78, 5) is 46.0. The first-order chi connectivity index (χ1) is 16.1. The van der Waals surface area contributed by atoms with Crippen molar-refractivity contribution in [1.82, 2.24) is 0 Å². The van der Waals surface area contributed by atoms with Crippen molar-refractivity contribution in [2.75, 3.05) is 0 Å². The normalized spacial score (nSPS) is 17.9. The van der Waals surface area contributed by atoms with Gasteiger partial charge >= 0.3 is 23.9 Å². The van der Waals surface area contributed by atoms with Crippen LogP contribution in [0.15, 0.2) is 11.6 Å². The van der Waals surface area contributed by atoms with E-state index in [4.69, 9.17) is 14.2 Å². The number of rotatable bonds is 18. The van der Waals surface area contributed by atoms with Crippen molar-refractivity contribution in [2.24, 2.45) is 5.92 Å². The molecule has 0 radical (unpaired) electrons. The summed E-state index contributed by atoms with van der Waals surface area (Å²) in [6.07, 6.45) is 11.7. The highest BCUT2D eigenvalue weighted by atomic mass is 16.6. The van der Waals surface area contributed by atoms with Crippen LogP contribution >= 0.6 is 0 Å². The molecule has 8 nitrogen and oxygen atoms in total. The van der Waals surface area contributed by atoms with E-state index in [9.17, 15) is 24.3 Å². The van der Waals surface area contributed by atoms with Crippen LogP contribution in [0.1, 0.15) is 105 Å². The zero-order chi connectivity index (χ0) is 25.5. The molecule has 1 aliphatic heterocycles. The molecule has 34 heavy (non-hydrogen) atoms. The molecule has 0 aliphatic carbocycles. The van der Waals surface area contributed by atoms with Crippen LogP contribution in [0.5, 0.6) is 0 Å². The molecule has 1 rings (SSSR count). The molecule has 4 atom stereocenters. The number of hydrogen-bond donors (Lipinski definition) is 1. The van der Waals surface area contributed by atoms with Crippen LogP contribution in [-0.2, 0) is 33.4 Å². The highest BCUT2D eigenvalue weighted by Gasteiger charge is 2.36. The Hall–Kier alpha value is -2.38. The summed E-state index contributed by atoms with van der Waals surface area (Å²) >= 11 is 0. The monoisotopic (exact) mass is 482 g/mol. The van der Waals surface area contributed by atoms with Gasteiger partial charge in [0.05, 0.1) is 5.92 Å². The summed E-state index contributed by atoms with van der Waals surface area (Å²) < 4.78 is 15.4. The molecule has 8 heteroatoms. The zero-order valence-electron chi connectivity index (χ0n) is 21.2. The Morgan fingerprint density at radius 3 is 1.85 bits per heavy atom. The second-order valence-corrected chi connectivity index (χ2v) is 9.21. The average molecular weight is 483 g/mol. The lowest BCUT2D eigenvalue weighted by atomic mass is 9.92. The number of cyclic esters (lactones) is 1. The quantitative estimate of drug-likeness (QED) is 0.162. The van der Waals surface area contributed by atoms with Crippen molar-refractivity contribution in [3.05, 3.63) is 11.6 Å². The summed E-state index contributed by atoms with van der Waals surface area (Å²) in [6.45, 7) is 5.88. The average Bonchev–Trinajstić information content (AvgIpc) is 3.06. The molecule has 194 valence electrons. The van der Waals surface area contributed by atoms with Gasteiger partial charge in [-0.05, 0) is 39.2 Å². The lowest BCUT2D eigenvalue weighted by molar-refractivity contribution is -0.174. The number of carboxylic acid groups (broad SMARTS) is 1. The predicted octanol–water partition coefficient (Wildman–Crippen LogP) is 5.12. The first-order valence-corrected chi connectivity index (χ1v) is 12.6. The van der Waals surface area contributed by atoms with Crippen LogP contribution in [0, 0.1) is 5.92 Å². The lowest BCUT2D eigenvalue weighted by Crippen LogP contribution is -2.41. The van der Waals surface area contributed by atoms with Crippen LogP contribution < -0.4 is 0 Å². The van der Waals surface area contributed by atoms with Crippen LogP contribution in [0.3, 0.4) is 0 Å². The maximum absolute atomic E-state index is 11.8. The third-order valence-corrected chi connectivity index (χ3v) is 6.03. The Labute approximate surface area is 203 Å². The molecule has 0 saturated heterocycles. The van der Waals surface area contributed by atoms with Gasteiger partial charge < -0.3 is 19.3 Å². The fourth-order valence-electron chi connectivity index (χ4n) is 4.36. The Bertz CT molecular complexity index is 699. The Morgan fingerprint density at radius 1 is 0.912 bits per heavy atom. The van der Waals surface area contributed by atoms with E-state index in [1.807, 2.05) is 13.0 Å². The van der Waals surface area contributed by atoms with Gasteiger partial charge in [0.15, 0.2) is 6.10 Å². The molecular weight excluding hydrogens is 440 g/mol. The second kappa shape index (κ2) is 16.3. The smallest absolute Gasteiger partial charge is 0.334 e. The molecule has 1 N–H and O–H groups in total. The number of esters is 3. The Morgan fingerprint density at radius 2 is 1.41 bits per heavy atom. The summed E-state index contributed by atoms with van der Waals surface area (Å²) in [5, 5.41) is 9.63. The van der Waals surface area contributed by atoms with Gasteiger partial charge in [-0.1, -0.05) is 57.8 Å². The van der Waals surface area contributed by atoms with Crippen LogP contribution in [0.2, 0.25) is 0 Å². The van der Waals surface area contributed by atoms with Crippen molar-refractivity contribution < 1.29 is 38.5 Å². The third-order valence-electron chi connectivity index (χ3n) is 6.03. The SMILES string of the molecule is CC(=O)O[C@H]([C@H](C)OC(C)=O)[C@@H](CCCCCCCCCCCCC1=C[C@H](C)OC1=O)C(=O)O. The molecular formula is C26H42O8. The molecule has 1 aliphatic rings. The highest BCUT2D eigenvalue weighted by molar-refractivity contribution is 5.90. The minimum Gasteiger partial charge on any atom is -0.481 e. The van der Waals surface area contributed by atoms with E-state index in [1.54, 1.807) is 6.92 Å². The van der Waals surface area contributed by atoms with Gasteiger partial charge in [0.2, 0.25) is 0 Å². The molecule has 0 unspecified atom stereocenters. The van der Waals surface area contributed by atoms with Crippen LogP contribution in [-0.4, -0.2) is 47.3 Å². The minimum atomic E-state index is -1.05. The number of aliphatic carboxylic acids is 1. The molecule has 1 heterocycles. The van der Waals surface area contributed by atoms with Crippen molar-refractivity contribution in [2.45, 2.75) is 123 Å². The van der Waals surface area contributed by atoms with Crippen molar-refractivity contribution in [3.8, 4) is 0 Å². The summed E-state index contributed by atoms with van der Waals surface area (Å²) in [7, 11) is 0. The summed E-state index contributed by atoms with van der Waals surface area (Å²) in [6, 6.07) is 0. The van der Waals surface area contributed by atoms with Gasteiger partial charge in [0, 0.05) is 19.4 Å². The van der Waals surface area contributed by atoms with Gasteiger partial charge in [0.1, 0.15) is 12.2 Å². The maximum Gasteiger partial charge on any atom is 0.334 e. The summed E-state index contributed by atoms with van der Waals surface area (Å²) in [5.41, 5.74) is 0.817. The van der Waals surface area contributed by atoms with Gasteiger partial charge in [-0.2, -0.15) is 0 Å². The number of carbonyl (C=O) groups is 4. The van der Waals surface area contributed by atoms with E-state index in [-0.39, 0.29) is 12.1 Å². The van der Waals surface area contributed by atoms with Gasteiger partial charge in [-0.25, -0.2) is 4.79 Å². The molecule has 0 fully saturated rings. The van der Waals surface area contributed by atoms with E-state index in [0.717, 1.165) is 56.9 Å². The topological polar surface area (TPSA) is 116 Å². The largest absolute Gasteiger partial charge is 0.481 e. The fourth-order valence-corrected chi connectivity index (χ4v) is 4.36. The predicted molar refractivity (Wildman–Crippen MR) is 127 cm³/mol. The highest BCUT2D eigenvalue weighted by Crippen LogP contribution is 2.23. The summed E-state index contributed by atoms with van der Waals surface area (Å²) in [5.74, 6) is -3.27. The molecule has 0 bridgehead atoms. The van der Waals surface area contributed by atoms with Gasteiger partial charge in [0.25, 0.3) is 0 Å². The number of carbonyl (C=O) groups excluding carboxylic acids is 3. The molecule has 0 amide bonds. The molecule has 0 aromatic rings. The number of unbranched alkanes of at least 4 members (excludes halogenated alkanes) is 9. The minimum absolute atomic E-state index is 0.0860. The third kappa shape index (κ3) is 12.2. The Balaban J connectivity index is 2.16. The van der Waals surface area contributed by atoms with Gasteiger partial charge in [-0.3, -0.25) is 14.4 Å². The first-order valence-electron chi connectivity index (χ1n) is 12.6. The number of ether oxygens (including phenoxy) is 3. The van der Waals surface area contributed by atoms with E-state index >= 15 is 0 Å². The number of hydrogen-bond acceptors (Lipinski definition) is 7. The maximum atomic E-state index is 11.8.